The average molecular weight is 403 g/mol. The number of benzene rings is 2. The maximum atomic E-state index is 13.7. The van der Waals surface area contributed by atoms with Gasteiger partial charge in [0, 0.05) is 18.0 Å². The Hall–Kier alpha value is -2.74. The zero-order chi connectivity index (χ0) is 20.5. The molecule has 2 aromatic rings. The fourth-order valence-corrected chi connectivity index (χ4v) is 3.66. The molecule has 1 aliphatic heterocycles. The summed E-state index contributed by atoms with van der Waals surface area (Å²) in [6.45, 7) is 3.57. The van der Waals surface area contributed by atoms with E-state index in [0.29, 0.717) is 28.9 Å². The molecule has 0 unspecified atom stereocenters. The monoisotopic (exact) mass is 403 g/mol. The summed E-state index contributed by atoms with van der Waals surface area (Å²) in [7, 11) is -3.41. The highest BCUT2D eigenvalue weighted by Crippen LogP contribution is 2.34. The Bertz CT molecular complexity index is 1030. The van der Waals surface area contributed by atoms with Gasteiger partial charge in [-0.05, 0) is 35.4 Å². The van der Waals surface area contributed by atoms with Crippen LogP contribution in [0.1, 0.15) is 37.4 Å². The van der Waals surface area contributed by atoms with Crippen LogP contribution in [0.25, 0.3) is 0 Å². The van der Waals surface area contributed by atoms with Gasteiger partial charge in [0.15, 0.2) is 0 Å². The molecule has 0 saturated heterocycles. The lowest BCUT2D eigenvalue weighted by Gasteiger charge is -2.23. The van der Waals surface area contributed by atoms with Gasteiger partial charge in [-0.25, -0.2) is 17.8 Å². The molecule has 0 bridgehead atoms. The van der Waals surface area contributed by atoms with Crippen LogP contribution in [0.4, 0.5) is 10.1 Å². The molecule has 3 rings (SSSR count). The van der Waals surface area contributed by atoms with Gasteiger partial charge < -0.3 is 0 Å². The van der Waals surface area contributed by atoms with Gasteiger partial charge >= 0.3 is 0 Å². The predicted octanol–water partition coefficient (Wildman–Crippen LogP) is 3.53. The third-order valence-electron chi connectivity index (χ3n) is 4.36. The minimum atomic E-state index is -3.41. The average Bonchev–Trinajstić information content (AvgIpc) is 3.05. The number of sulfonamides is 1. The maximum Gasteiger partial charge on any atom is 0.245 e. The molecule has 148 valence electrons. The molecule has 1 heterocycles. The highest BCUT2D eigenvalue weighted by molar-refractivity contribution is 7.92. The van der Waals surface area contributed by atoms with E-state index < -0.39 is 16.1 Å². The summed E-state index contributed by atoms with van der Waals surface area (Å²) < 4.78 is 39.1. The van der Waals surface area contributed by atoms with E-state index in [2.05, 4.69) is 9.82 Å². The molecule has 8 heteroatoms. The molecule has 0 fully saturated rings. The first kappa shape index (κ1) is 20.0. The lowest BCUT2D eigenvalue weighted by Crippen LogP contribution is -2.30. The lowest BCUT2D eigenvalue weighted by molar-refractivity contribution is -0.136. The first-order valence-corrected chi connectivity index (χ1v) is 10.8. The van der Waals surface area contributed by atoms with Gasteiger partial charge in [0.1, 0.15) is 5.82 Å². The second-order valence-electron chi connectivity index (χ2n) is 7.11. The quantitative estimate of drug-likeness (QED) is 0.829. The van der Waals surface area contributed by atoms with Gasteiger partial charge in [0.2, 0.25) is 15.9 Å². The minimum Gasteiger partial charge on any atom is -0.284 e. The Morgan fingerprint density at radius 3 is 2.57 bits per heavy atom. The number of halogens is 1. The van der Waals surface area contributed by atoms with Crippen LogP contribution in [-0.4, -0.2) is 31.3 Å². The number of nitrogens with one attached hydrogen (secondary N) is 1. The summed E-state index contributed by atoms with van der Waals surface area (Å²) >= 11 is 0. The van der Waals surface area contributed by atoms with E-state index in [1.807, 2.05) is 0 Å². The third-order valence-corrected chi connectivity index (χ3v) is 4.97. The number of amides is 1. The molecule has 0 spiro atoms. The van der Waals surface area contributed by atoms with Crippen LogP contribution in [0.2, 0.25) is 0 Å². The van der Waals surface area contributed by atoms with Crippen LogP contribution in [0.3, 0.4) is 0 Å². The molecule has 1 atom stereocenters. The highest BCUT2D eigenvalue weighted by Gasteiger charge is 2.34. The van der Waals surface area contributed by atoms with Crippen LogP contribution < -0.4 is 4.72 Å². The fraction of sp³-hybridized carbons (Fsp3) is 0.300. The number of carbonyl (C=O) groups excluding carboxylic acids is 1. The molecule has 0 aliphatic carbocycles. The molecular formula is C20H22FN3O3S. The van der Waals surface area contributed by atoms with E-state index in [1.54, 1.807) is 50.2 Å². The number of carbonyl (C=O) groups is 1. The summed E-state index contributed by atoms with van der Waals surface area (Å²) in [5.41, 5.74) is 2.42. The van der Waals surface area contributed by atoms with Crippen molar-refractivity contribution in [2.24, 2.45) is 11.0 Å². The molecule has 1 aliphatic rings. The van der Waals surface area contributed by atoms with E-state index in [1.165, 1.54) is 17.1 Å². The SMILES string of the molecule is CC(C)C(=O)N1N=C(c2cccc(NS(C)(=O)=O)c2)C[C@@H]1c1cccc(F)c1. The third kappa shape index (κ3) is 4.56. The zero-order valence-electron chi connectivity index (χ0n) is 15.9. The number of anilines is 1. The molecule has 2 aromatic carbocycles. The molecule has 0 radical (unpaired) electrons. The van der Waals surface area contributed by atoms with E-state index in [4.69, 9.17) is 0 Å². The topological polar surface area (TPSA) is 78.8 Å². The Labute approximate surface area is 164 Å². The van der Waals surface area contributed by atoms with Gasteiger partial charge in [0.05, 0.1) is 18.0 Å². The van der Waals surface area contributed by atoms with E-state index in [0.717, 1.165) is 6.26 Å². The van der Waals surface area contributed by atoms with Crippen LogP contribution in [0.5, 0.6) is 0 Å². The van der Waals surface area contributed by atoms with Crippen molar-refractivity contribution in [1.82, 2.24) is 5.01 Å². The van der Waals surface area contributed by atoms with Gasteiger partial charge in [0.25, 0.3) is 0 Å². The largest absolute Gasteiger partial charge is 0.284 e. The van der Waals surface area contributed by atoms with Crippen molar-refractivity contribution in [1.29, 1.82) is 0 Å². The van der Waals surface area contributed by atoms with E-state index in [9.17, 15) is 17.6 Å². The zero-order valence-corrected chi connectivity index (χ0v) is 16.7. The van der Waals surface area contributed by atoms with E-state index in [-0.39, 0.29) is 17.6 Å². The lowest BCUT2D eigenvalue weighted by atomic mass is 9.97. The van der Waals surface area contributed by atoms with Crippen molar-refractivity contribution in [3.05, 3.63) is 65.5 Å². The van der Waals surface area contributed by atoms with Gasteiger partial charge in [-0.2, -0.15) is 5.10 Å². The number of hydrogen-bond donors (Lipinski definition) is 1. The summed E-state index contributed by atoms with van der Waals surface area (Å²) in [5.74, 6) is -0.797. The van der Waals surface area contributed by atoms with E-state index >= 15 is 0 Å². The minimum absolute atomic E-state index is 0.158. The summed E-state index contributed by atoms with van der Waals surface area (Å²) in [6.07, 6.45) is 1.49. The first-order valence-electron chi connectivity index (χ1n) is 8.88. The van der Waals surface area contributed by atoms with Crippen LogP contribution in [0.15, 0.2) is 53.6 Å². The van der Waals surface area contributed by atoms with Crippen LogP contribution >= 0.6 is 0 Å². The summed E-state index contributed by atoms with van der Waals surface area (Å²) in [4.78, 5) is 12.7. The van der Waals surface area contributed by atoms with Crippen molar-refractivity contribution in [3.63, 3.8) is 0 Å². The number of rotatable bonds is 5. The van der Waals surface area contributed by atoms with Crippen molar-refractivity contribution >= 4 is 27.3 Å². The van der Waals surface area contributed by atoms with Gasteiger partial charge in [-0.1, -0.05) is 38.1 Å². The Morgan fingerprint density at radius 1 is 1.21 bits per heavy atom. The second-order valence-corrected chi connectivity index (χ2v) is 8.86. The van der Waals surface area contributed by atoms with Gasteiger partial charge in [-0.15, -0.1) is 0 Å². The fourth-order valence-electron chi connectivity index (χ4n) is 3.10. The molecular weight excluding hydrogens is 381 g/mol. The molecule has 0 aromatic heterocycles. The molecule has 6 nitrogen and oxygen atoms in total. The van der Waals surface area contributed by atoms with Crippen molar-refractivity contribution in [3.8, 4) is 0 Å². The Morgan fingerprint density at radius 2 is 1.93 bits per heavy atom. The second kappa shape index (κ2) is 7.71. The van der Waals surface area contributed by atoms with Crippen molar-refractivity contribution < 1.29 is 17.6 Å². The van der Waals surface area contributed by atoms with Gasteiger partial charge in [-0.3, -0.25) is 9.52 Å². The predicted molar refractivity (Wildman–Crippen MR) is 107 cm³/mol. The molecule has 28 heavy (non-hydrogen) atoms. The molecule has 1 amide bonds. The van der Waals surface area contributed by atoms with Crippen LogP contribution in [-0.2, 0) is 14.8 Å². The number of hydrogen-bond acceptors (Lipinski definition) is 4. The van der Waals surface area contributed by atoms with Crippen LogP contribution in [0, 0.1) is 11.7 Å². The summed E-state index contributed by atoms with van der Waals surface area (Å²) in [5, 5.41) is 5.91. The molecule has 1 N–H and O–H groups in total. The summed E-state index contributed by atoms with van der Waals surface area (Å²) in [6, 6.07) is 12.6. The maximum absolute atomic E-state index is 13.7. The normalized spacial score (nSPS) is 17.0. The first-order chi connectivity index (χ1) is 13.1. The Balaban J connectivity index is 1.97. The Kier molecular flexibility index (Phi) is 5.51. The van der Waals surface area contributed by atoms with Crippen molar-refractivity contribution in [2.75, 3.05) is 11.0 Å². The molecule has 0 saturated carbocycles. The van der Waals surface area contributed by atoms with Crippen molar-refractivity contribution in [2.45, 2.75) is 26.3 Å². The number of hydrazone groups is 1. The highest BCUT2D eigenvalue weighted by atomic mass is 32.2. The number of nitrogens with zero attached hydrogens (tertiary/aromatic N) is 2. The smallest absolute Gasteiger partial charge is 0.245 e. The standard InChI is InChI=1S/C20H22FN3O3S/c1-13(2)20(25)24-19(15-7-4-8-16(21)10-15)12-18(22-24)14-6-5-9-17(11-14)23-28(3,26)27/h4-11,13,19,23H,12H2,1-3H3/t19-/m1/s1.